The van der Waals surface area contributed by atoms with Gasteiger partial charge in [0.15, 0.2) is 6.54 Å². The summed E-state index contributed by atoms with van der Waals surface area (Å²) >= 11 is 0. The maximum absolute atomic E-state index is 12.9. The van der Waals surface area contributed by atoms with Crippen LogP contribution in [0, 0.1) is 11.7 Å². The van der Waals surface area contributed by atoms with Crippen molar-refractivity contribution < 1.29 is 14.5 Å². The zero-order valence-corrected chi connectivity index (χ0v) is 15.3. The van der Waals surface area contributed by atoms with Crippen LogP contribution in [-0.4, -0.2) is 12.5 Å². The molecule has 0 unspecified atom stereocenters. The first kappa shape index (κ1) is 19.1. The number of carbonyl (C=O) groups excluding carboxylic acids is 1. The first-order valence-corrected chi connectivity index (χ1v) is 8.93. The lowest BCUT2D eigenvalue weighted by molar-refractivity contribution is -0.692. The highest BCUT2D eigenvalue weighted by Gasteiger charge is 2.20. The van der Waals surface area contributed by atoms with E-state index >= 15 is 0 Å². The largest absolute Gasteiger partial charge is 0.347 e. The highest BCUT2D eigenvalue weighted by atomic mass is 19.1. The van der Waals surface area contributed by atoms with E-state index in [-0.39, 0.29) is 17.8 Å². The summed E-state index contributed by atoms with van der Waals surface area (Å²) < 4.78 is 12.9. The number of aryl methyl sites for hydroxylation is 1. The SMILES string of the molecule is CCc1ccc([C@H]([NH2+]CC(=O)NCc2ccc(F)cc2)C(C)C)cc1. The summed E-state index contributed by atoms with van der Waals surface area (Å²) in [4.78, 5) is 12.1. The molecule has 0 aromatic heterocycles. The number of hydrogen-bond acceptors (Lipinski definition) is 1. The minimum Gasteiger partial charge on any atom is -0.347 e. The molecule has 25 heavy (non-hydrogen) atoms. The number of rotatable bonds is 8. The molecule has 0 aliphatic rings. The molecule has 0 saturated carbocycles. The van der Waals surface area contributed by atoms with Gasteiger partial charge in [-0.2, -0.15) is 0 Å². The summed E-state index contributed by atoms with van der Waals surface area (Å²) in [7, 11) is 0. The molecule has 2 aromatic rings. The van der Waals surface area contributed by atoms with E-state index in [4.69, 9.17) is 0 Å². The molecule has 0 heterocycles. The molecule has 0 radical (unpaired) electrons. The number of nitrogens with one attached hydrogen (secondary N) is 1. The molecule has 2 rings (SSSR count). The normalized spacial score (nSPS) is 12.2. The molecule has 0 saturated heterocycles. The van der Waals surface area contributed by atoms with Gasteiger partial charge in [0.25, 0.3) is 5.91 Å². The van der Waals surface area contributed by atoms with Crippen molar-refractivity contribution in [3.63, 3.8) is 0 Å². The lowest BCUT2D eigenvalue weighted by atomic mass is 9.95. The number of hydrogen-bond donors (Lipinski definition) is 2. The maximum Gasteiger partial charge on any atom is 0.275 e. The second kappa shape index (κ2) is 9.33. The van der Waals surface area contributed by atoms with Crippen LogP contribution in [0.15, 0.2) is 48.5 Å². The summed E-state index contributed by atoms with van der Waals surface area (Å²) in [6.07, 6.45) is 1.03. The van der Waals surface area contributed by atoms with Gasteiger partial charge in [0.1, 0.15) is 11.9 Å². The topological polar surface area (TPSA) is 45.7 Å². The number of halogens is 1. The smallest absolute Gasteiger partial charge is 0.275 e. The predicted octanol–water partition coefficient (Wildman–Crippen LogP) is 2.97. The van der Waals surface area contributed by atoms with Gasteiger partial charge >= 0.3 is 0 Å². The van der Waals surface area contributed by atoms with Crippen molar-refractivity contribution in [2.45, 2.75) is 39.8 Å². The van der Waals surface area contributed by atoms with Crippen molar-refractivity contribution in [3.8, 4) is 0 Å². The van der Waals surface area contributed by atoms with Crippen LogP contribution in [0.2, 0.25) is 0 Å². The summed E-state index contributed by atoms with van der Waals surface area (Å²) in [5, 5.41) is 4.98. The second-order valence-corrected chi connectivity index (χ2v) is 6.71. The zero-order chi connectivity index (χ0) is 18.2. The molecule has 0 bridgehead atoms. The maximum atomic E-state index is 12.9. The molecule has 2 aromatic carbocycles. The Morgan fingerprint density at radius 3 is 2.20 bits per heavy atom. The number of nitrogens with two attached hydrogens (primary N) is 1. The molecular weight excluding hydrogens is 315 g/mol. The average Bonchev–Trinajstić information content (AvgIpc) is 2.61. The quantitative estimate of drug-likeness (QED) is 0.760. The Labute approximate surface area is 149 Å². The first-order chi connectivity index (χ1) is 12.0. The van der Waals surface area contributed by atoms with Gasteiger partial charge < -0.3 is 10.6 Å². The van der Waals surface area contributed by atoms with E-state index in [1.54, 1.807) is 12.1 Å². The van der Waals surface area contributed by atoms with E-state index < -0.39 is 0 Å². The molecule has 0 aliphatic carbocycles. The number of carbonyl (C=O) groups is 1. The zero-order valence-electron chi connectivity index (χ0n) is 15.3. The van der Waals surface area contributed by atoms with E-state index in [0.29, 0.717) is 19.0 Å². The Hall–Kier alpha value is -2.20. The van der Waals surface area contributed by atoms with Gasteiger partial charge in [0, 0.05) is 18.0 Å². The average molecular weight is 343 g/mol. The standard InChI is InChI=1S/C21H27FN2O/c1-4-16-5-9-18(10-6-16)21(15(2)3)24-14-20(25)23-13-17-7-11-19(22)12-8-17/h5-12,15,21,24H,4,13-14H2,1-3H3,(H,23,25)/p+1/t21-/m1/s1. The van der Waals surface area contributed by atoms with E-state index in [1.165, 1.54) is 23.3 Å². The van der Waals surface area contributed by atoms with Crippen molar-refractivity contribution in [2.24, 2.45) is 5.92 Å². The lowest BCUT2D eigenvalue weighted by Gasteiger charge is -2.20. The van der Waals surface area contributed by atoms with Gasteiger partial charge in [-0.1, -0.05) is 57.2 Å². The molecule has 1 atom stereocenters. The third kappa shape index (κ3) is 5.98. The van der Waals surface area contributed by atoms with Crippen molar-refractivity contribution >= 4 is 5.91 Å². The monoisotopic (exact) mass is 343 g/mol. The molecule has 0 fully saturated rings. The van der Waals surface area contributed by atoms with Crippen LogP contribution in [0.5, 0.6) is 0 Å². The number of amides is 1. The highest BCUT2D eigenvalue weighted by molar-refractivity contribution is 5.76. The Bertz CT molecular complexity index is 665. The van der Waals surface area contributed by atoms with E-state index in [1.807, 2.05) is 0 Å². The van der Waals surface area contributed by atoms with Gasteiger partial charge in [0.05, 0.1) is 0 Å². The molecule has 134 valence electrons. The fourth-order valence-electron chi connectivity index (χ4n) is 2.88. The lowest BCUT2D eigenvalue weighted by Crippen LogP contribution is -2.88. The van der Waals surface area contributed by atoms with Crippen LogP contribution in [-0.2, 0) is 17.8 Å². The van der Waals surface area contributed by atoms with E-state index in [9.17, 15) is 9.18 Å². The van der Waals surface area contributed by atoms with Crippen LogP contribution in [0.25, 0.3) is 0 Å². The minimum atomic E-state index is -0.266. The molecule has 3 N–H and O–H groups in total. The van der Waals surface area contributed by atoms with Crippen molar-refractivity contribution in [2.75, 3.05) is 6.54 Å². The molecule has 3 nitrogen and oxygen atoms in total. The van der Waals surface area contributed by atoms with Crippen molar-refractivity contribution in [1.82, 2.24) is 5.32 Å². The molecule has 0 spiro atoms. The Kier molecular flexibility index (Phi) is 7.14. The van der Waals surface area contributed by atoms with Crippen LogP contribution in [0.1, 0.15) is 43.5 Å². The third-order valence-electron chi connectivity index (χ3n) is 4.45. The molecule has 4 heteroatoms. The van der Waals surface area contributed by atoms with Gasteiger partial charge in [0.2, 0.25) is 0 Å². The van der Waals surface area contributed by atoms with Gasteiger partial charge in [-0.25, -0.2) is 4.39 Å². The second-order valence-electron chi connectivity index (χ2n) is 6.71. The first-order valence-electron chi connectivity index (χ1n) is 8.93. The van der Waals surface area contributed by atoms with E-state index in [0.717, 1.165) is 12.0 Å². The molecule has 1 amide bonds. The van der Waals surface area contributed by atoms with Crippen molar-refractivity contribution in [3.05, 3.63) is 71.0 Å². The van der Waals surface area contributed by atoms with Crippen molar-refractivity contribution in [1.29, 1.82) is 0 Å². The molecular formula is C21H28FN2O+. The Morgan fingerprint density at radius 1 is 1.04 bits per heavy atom. The summed E-state index contributed by atoms with van der Waals surface area (Å²) in [6.45, 7) is 7.28. The Balaban J connectivity index is 1.87. The van der Waals surface area contributed by atoms with Crippen LogP contribution >= 0.6 is 0 Å². The number of quaternary nitrogens is 1. The fraction of sp³-hybridized carbons (Fsp3) is 0.381. The Morgan fingerprint density at radius 2 is 1.64 bits per heavy atom. The summed E-state index contributed by atoms with van der Waals surface area (Å²) in [5.74, 6) is 0.148. The van der Waals surface area contributed by atoms with Crippen LogP contribution < -0.4 is 10.6 Å². The number of benzene rings is 2. The minimum absolute atomic E-state index is 0.0137. The predicted molar refractivity (Wildman–Crippen MR) is 98.4 cm³/mol. The molecule has 0 aliphatic heterocycles. The van der Waals surface area contributed by atoms with E-state index in [2.05, 4.69) is 55.7 Å². The highest BCUT2D eigenvalue weighted by Crippen LogP contribution is 2.18. The van der Waals surface area contributed by atoms with Gasteiger partial charge in [-0.3, -0.25) is 4.79 Å². The van der Waals surface area contributed by atoms with Crippen LogP contribution in [0.3, 0.4) is 0 Å². The fourth-order valence-corrected chi connectivity index (χ4v) is 2.88. The van der Waals surface area contributed by atoms with Crippen LogP contribution in [0.4, 0.5) is 4.39 Å². The van der Waals surface area contributed by atoms with Gasteiger partial charge in [-0.15, -0.1) is 0 Å². The summed E-state index contributed by atoms with van der Waals surface area (Å²) in [6, 6.07) is 15.1. The summed E-state index contributed by atoms with van der Waals surface area (Å²) in [5.41, 5.74) is 3.46. The van der Waals surface area contributed by atoms with Gasteiger partial charge in [-0.05, 0) is 29.7 Å². The third-order valence-corrected chi connectivity index (χ3v) is 4.45.